The number of morpholine rings is 1. The molecule has 176 valence electrons. The third kappa shape index (κ3) is 6.10. The average molecular weight is 448 g/mol. The van der Waals surface area contributed by atoms with Crippen LogP contribution in [0.25, 0.3) is 0 Å². The van der Waals surface area contributed by atoms with Gasteiger partial charge in [0.15, 0.2) is 0 Å². The first kappa shape index (κ1) is 22.8. The maximum Gasteiger partial charge on any atom is 0.411 e. The maximum absolute atomic E-state index is 12.7. The summed E-state index contributed by atoms with van der Waals surface area (Å²) in [7, 11) is 0. The minimum absolute atomic E-state index is 0.0189. The van der Waals surface area contributed by atoms with Crippen LogP contribution in [0.3, 0.4) is 0 Å². The van der Waals surface area contributed by atoms with Gasteiger partial charge in [-0.05, 0) is 19.0 Å². The van der Waals surface area contributed by atoms with Gasteiger partial charge in [-0.1, -0.05) is 18.9 Å². The monoisotopic (exact) mass is 447 g/mol. The lowest BCUT2D eigenvalue weighted by molar-refractivity contribution is -0.203. The molecule has 3 aliphatic heterocycles. The van der Waals surface area contributed by atoms with Crippen molar-refractivity contribution in [1.82, 2.24) is 26.2 Å². The Morgan fingerprint density at radius 2 is 2.10 bits per heavy atom. The van der Waals surface area contributed by atoms with Gasteiger partial charge in [-0.2, -0.15) is 13.2 Å². The maximum atomic E-state index is 12.7. The van der Waals surface area contributed by atoms with E-state index in [-0.39, 0.29) is 36.3 Å². The summed E-state index contributed by atoms with van der Waals surface area (Å²) in [5.41, 5.74) is 0. The van der Waals surface area contributed by atoms with Crippen molar-refractivity contribution in [3.63, 3.8) is 0 Å². The number of amides is 1. The van der Waals surface area contributed by atoms with Crippen molar-refractivity contribution in [2.24, 2.45) is 5.92 Å². The predicted octanol–water partition coefficient (Wildman–Crippen LogP) is 0.619. The van der Waals surface area contributed by atoms with Crippen LogP contribution in [0.15, 0.2) is 12.3 Å². The minimum atomic E-state index is -4.33. The number of rotatable bonds is 5. The van der Waals surface area contributed by atoms with E-state index in [4.69, 9.17) is 9.47 Å². The Morgan fingerprint density at radius 1 is 1.26 bits per heavy atom. The molecule has 4 N–H and O–H groups in total. The molecule has 3 fully saturated rings. The molecule has 0 radical (unpaired) electrons. The Bertz CT molecular complexity index is 650. The molecule has 0 aromatic rings. The number of alkyl halides is 3. The highest BCUT2D eigenvalue weighted by atomic mass is 19.4. The lowest BCUT2D eigenvalue weighted by Crippen LogP contribution is -2.69. The molecule has 11 heteroatoms. The van der Waals surface area contributed by atoms with Gasteiger partial charge in [-0.3, -0.25) is 20.3 Å². The molecule has 4 rings (SSSR count). The number of hydrogen-bond donors (Lipinski definition) is 4. The topological polar surface area (TPSA) is 86.9 Å². The first-order valence-electron chi connectivity index (χ1n) is 11.1. The fourth-order valence-corrected chi connectivity index (χ4v) is 5.04. The van der Waals surface area contributed by atoms with E-state index in [0.29, 0.717) is 39.2 Å². The van der Waals surface area contributed by atoms with Crippen LogP contribution in [0.2, 0.25) is 0 Å². The second-order valence-corrected chi connectivity index (χ2v) is 8.73. The van der Waals surface area contributed by atoms with Gasteiger partial charge in [-0.15, -0.1) is 0 Å². The predicted molar refractivity (Wildman–Crippen MR) is 107 cm³/mol. The lowest BCUT2D eigenvalue weighted by atomic mass is 9.82. The number of nitrogens with zero attached hydrogens (tertiary/aromatic N) is 1. The van der Waals surface area contributed by atoms with Gasteiger partial charge in [0.05, 0.1) is 25.5 Å². The van der Waals surface area contributed by atoms with Crippen LogP contribution in [0, 0.1) is 5.92 Å². The fraction of sp³-hybridized carbons (Fsp3) is 0.850. The number of carbonyl (C=O) groups excluding carboxylic acids is 1. The smallest absolute Gasteiger partial charge is 0.379 e. The van der Waals surface area contributed by atoms with Crippen LogP contribution in [-0.2, 0) is 14.3 Å². The second kappa shape index (κ2) is 10.0. The first-order chi connectivity index (χ1) is 14.9. The Balaban J connectivity index is 1.38. The van der Waals surface area contributed by atoms with Gasteiger partial charge < -0.3 is 20.1 Å². The number of hydrogen-bond acceptors (Lipinski definition) is 7. The van der Waals surface area contributed by atoms with Crippen molar-refractivity contribution >= 4 is 5.91 Å². The van der Waals surface area contributed by atoms with E-state index < -0.39 is 18.9 Å². The molecule has 6 unspecified atom stereocenters. The minimum Gasteiger partial charge on any atom is -0.379 e. The molecule has 4 aliphatic rings. The summed E-state index contributed by atoms with van der Waals surface area (Å²) in [6, 6.07) is 0.000994. The molecule has 2 saturated heterocycles. The van der Waals surface area contributed by atoms with Crippen LogP contribution in [0.4, 0.5) is 13.2 Å². The quantitative estimate of drug-likeness (QED) is 0.492. The fourth-order valence-electron chi connectivity index (χ4n) is 5.04. The Kier molecular flexibility index (Phi) is 7.37. The van der Waals surface area contributed by atoms with Crippen molar-refractivity contribution in [2.45, 2.75) is 68.9 Å². The van der Waals surface area contributed by atoms with Crippen LogP contribution >= 0.6 is 0 Å². The van der Waals surface area contributed by atoms with Crippen molar-refractivity contribution in [2.75, 3.05) is 33.0 Å². The summed E-state index contributed by atoms with van der Waals surface area (Å²) < 4.78 is 49.3. The molecular weight excluding hydrogens is 415 g/mol. The van der Waals surface area contributed by atoms with E-state index >= 15 is 0 Å². The number of ether oxygens (including phenoxy) is 2. The Labute approximate surface area is 180 Å². The van der Waals surface area contributed by atoms with E-state index in [0.717, 1.165) is 19.3 Å². The van der Waals surface area contributed by atoms with E-state index in [1.807, 2.05) is 12.3 Å². The van der Waals surface area contributed by atoms with Crippen LogP contribution in [-0.4, -0.2) is 80.5 Å². The summed E-state index contributed by atoms with van der Waals surface area (Å²) in [5.74, 6) is -0.0995. The molecule has 3 heterocycles. The molecule has 0 aromatic carbocycles. The standard InChI is InChI=1S/C20H32F3N5O3/c21-20(22,23)11-31-16-4-2-1-3-13(16)17-10-28(7-8-30-17)19-26-15(9-18(29)27-19)14-5-6-24-12-25-14/h5-6,13-17,19,24-26H,1-4,7-12H2,(H,27,29). The normalized spacial score (nSPS) is 37.8. The van der Waals surface area contributed by atoms with Crippen molar-refractivity contribution in [3.8, 4) is 0 Å². The third-order valence-electron chi connectivity index (χ3n) is 6.55. The first-order valence-corrected chi connectivity index (χ1v) is 11.1. The zero-order valence-electron chi connectivity index (χ0n) is 17.5. The second-order valence-electron chi connectivity index (χ2n) is 8.73. The number of halogens is 3. The van der Waals surface area contributed by atoms with E-state index in [1.54, 1.807) is 0 Å². The summed E-state index contributed by atoms with van der Waals surface area (Å²) in [5, 5.41) is 12.9. The van der Waals surface area contributed by atoms with Gasteiger partial charge in [-0.25, -0.2) is 0 Å². The van der Waals surface area contributed by atoms with E-state index in [1.165, 1.54) is 0 Å². The van der Waals surface area contributed by atoms with Gasteiger partial charge >= 0.3 is 6.18 Å². The highest BCUT2D eigenvalue weighted by Crippen LogP contribution is 2.33. The molecular formula is C20H32F3N5O3. The van der Waals surface area contributed by atoms with Crippen molar-refractivity contribution in [1.29, 1.82) is 0 Å². The molecule has 31 heavy (non-hydrogen) atoms. The molecule has 1 aliphatic carbocycles. The summed E-state index contributed by atoms with van der Waals surface area (Å²) in [4.78, 5) is 14.5. The highest BCUT2D eigenvalue weighted by Gasteiger charge is 2.41. The van der Waals surface area contributed by atoms with Crippen molar-refractivity contribution in [3.05, 3.63) is 12.3 Å². The highest BCUT2D eigenvalue weighted by molar-refractivity contribution is 5.77. The van der Waals surface area contributed by atoms with Crippen LogP contribution < -0.4 is 21.3 Å². The van der Waals surface area contributed by atoms with Gasteiger partial charge in [0.2, 0.25) is 5.91 Å². The van der Waals surface area contributed by atoms with Gasteiger partial charge in [0.1, 0.15) is 12.9 Å². The van der Waals surface area contributed by atoms with E-state index in [9.17, 15) is 18.0 Å². The van der Waals surface area contributed by atoms with Crippen molar-refractivity contribution < 1.29 is 27.4 Å². The molecule has 0 aromatic heterocycles. The van der Waals surface area contributed by atoms with Crippen LogP contribution in [0.1, 0.15) is 32.1 Å². The SMILES string of the molecule is O=C1CC(C2C=CNCN2)NC(N2CCOC(C3CCCCC3OCC(F)(F)F)C2)N1. The summed E-state index contributed by atoms with van der Waals surface area (Å²) >= 11 is 0. The summed E-state index contributed by atoms with van der Waals surface area (Å²) in [6.07, 6.45) is 2.18. The molecule has 0 spiro atoms. The number of nitrogens with one attached hydrogen (secondary N) is 4. The molecule has 6 atom stereocenters. The van der Waals surface area contributed by atoms with Gasteiger partial charge in [0.25, 0.3) is 0 Å². The molecule has 1 saturated carbocycles. The van der Waals surface area contributed by atoms with Gasteiger partial charge in [0, 0.05) is 37.5 Å². The molecule has 0 bridgehead atoms. The summed E-state index contributed by atoms with van der Waals surface area (Å²) in [6.45, 7) is 1.07. The zero-order valence-corrected chi connectivity index (χ0v) is 17.5. The van der Waals surface area contributed by atoms with E-state index in [2.05, 4.69) is 26.2 Å². The zero-order chi connectivity index (χ0) is 21.8. The number of carbonyl (C=O) groups is 1. The average Bonchev–Trinajstić information content (AvgIpc) is 2.78. The molecule has 1 amide bonds. The molecule has 8 nitrogen and oxygen atoms in total. The third-order valence-corrected chi connectivity index (χ3v) is 6.55. The largest absolute Gasteiger partial charge is 0.411 e. The Morgan fingerprint density at radius 3 is 2.87 bits per heavy atom. The lowest BCUT2D eigenvalue weighted by Gasteiger charge is -2.46. The van der Waals surface area contributed by atoms with Crippen LogP contribution in [0.5, 0.6) is 0 Å². The Hall–Kier alpha value is -1.40.